The zero-order chi connectivity index (χ0) is 8.55. The minimum Gasteiger partial charge on any atom is -0.390 e. The van der Waals surface area contributed by atoms with E-state index in [4.69, 9.17) is 5.11 Å². The topological polar surface area (TPSA) is 48.9 Å². The molecular weight excluding hydrogens is 220 g/mol. The second-order valence-electron chi connectivity index (χ2n) is 2.54. The van der Waals surface area contributed by atoms with Crippen LogP contribution in [0.25, 0.3) is 11.0 Å². The summed E-state index contributed by atoms with van der Waals surface area (Å²) in [5, 5.41) is 8.84. The Morgan fingerprint density at radius 2 is 2.33 bits per heavy atom. The number of hydrogen-bond acceptors (Lipinski definition) is 2. The molecule has 0 aliphatic rings. The van der Waals surface area contributed by atoms with E-state index in [9.17, 15) is 0 Å². The van der Waals surface area contributed by atoms with Crippen LogP contribution < -0.4 is 0 Å². The normalized spacial score (nSPS) is 10.8. The van der Waals surface area contributed by atoms with Crippen molar-refractivity contribution in [2.45, 2.75) is 6.61 Å². The van der Waals surface area contributed by atoms with Crippen molar-refractivity contribution in [2.75, 3.05) is 0 Å². The fourth-order valence-corrected chi connectivity index (χ4v) is 1.46. The molecule has 0 aliphatic carbocycles. The smallest absolute Gasteiger partial charge is 0.0883 e. The molecule has 0 atom stereocenters. The molecule has 4 heteroatoms. The first-order valence-electron chi connectivity index (χ1n) is 3.53. The lowest BCUT2D eigenvalue weighted by Crippen LogP contribution is -1.78. The van der Waals surface area contributed by atoms with Crippen LogP contribution in [-0.2, 0) is 6.61 Å². The van der Waals surface area contributed by atoms with Crippen LogP contribution >= 0.6 is 15.9 Å². The van der Waals surface area contributed by atoms with E-state index < -0.39 is 0 Å². The summed E-state index contributed by atoms with van der Waals surface area (Å²) in [5.74, 6) is 0. The highest BCUT2D eigenvalue weighted by atomic mass is 79.9. The van der Waals surface area contributed by atoms with Gasteiger partial charge >= 0.3 is 0 Å². The molecule has 0 bridgehead atoms. The van der Waals surface area contributed by atoms with Crippen molar-refractivity contribution in [3.05, 3.63) is 28.5 Å². The molecule has 0 fully saturated rings. The van der Waals surface area contributed by atoms with E-state index in [1.54, 1.807) is 6.20 Å². The average Bonchev–Trinajstić information content (AvgIpc) is 2.46. The van der Waals surface area contributed by atoms with Gasteiger partial charge in [-0.15, -0.1) is 0 Å². The van der Waals surface area contributed by atoms with Crippen LogP contribution in [0.2, 0.25) is 0 Å². The molecule has 0 spiro atoms. The third-order valence-electron chi connectivity index (χ3n) is 1.66. The van der Waals surface area contributed by atoms with Crippen molar-refractivity contribution in [3.63, 3.8) is 0 Å². The molecule has 0 saturated carbocycles. The van der Waals surface area contributed by atoms with Gasteiger partial charge < -0.3 is 10.1 Å². The van der Waals surface area contributed by atoms with Gasteiger partial charge in [0.15, 0.2) is 0 Å². The lowest BCUT2D eigenvalue weighted by molar-refractivity contribution is 0.278. The Labute approximate surface area is 77.6 Å². The highest BCUT2D eigenvalue weighted by Crippen LogP contribution is 2.17. The molecule has 2 heterocycles. The van der Waals surface area contributed by atoms with Crippen molar-refractivity contribution < 1.29 is 5.11 Å². The fourth-order valence-electron chi connectivity index (χ4n) is 1.12. The van der Waals surface area contributed by atoms with Crippen molar-refractivity contribution in [1.29, 1.82) is 0 Å². The first-order valence-corrected chi connectivity index (χ1v) is 4.33. The SMILES string of the molecule is OCc1cc2ncc(Br)cc2[nH]1. The molecule has 2 N–H and O–H groups in total. The molecule has 62 valence electrons. The van der Waals surface area contributed by atoms with Gasteiger partial charge in [0.05, 0.1) is 17.6 Å². The molecule has 3 nitrogen and oxygen atoms in total. The van der Waals surface area contributed by atoms with E-state index in [2.05, 4.69) is 25.9 Å². The summed E-state index contributed by atoms with van der Waals surface area (Å²) in [6.07, 6.45) is 1.73. The number of hydrogen-bond donors (Lipinski definition) is 2. The van der Waals surface area contributed by atoms with E-state index >= 15 is 0 Å². The fraction of sp³-hybridized carbons (Fsp3) is 0.125. The minimum absolute atomic E-state index is 0.0218. The Balaban J connectivity index is 2.67. The summed E-state index contributed by atoms with van der Waals surface area (Å²) in [5.41, 5.74) is 2.60. The summed E-state index contributed by atoms with van der Waals surface area (Å²) >= 11 is 3.32. The average molecular weight is 227 g/mol. The monoisotopic (exact) mass is 226 g/mol. The Morgan fingerprint density at radius 1 is 1.50 bits per heavy atom. The number of H-pyrrole nitrogens is 1. The number of rotatable bonds is 1. The number of aliphatic hydroxyl groups is 1. The second-order valence-corrected chi connectivity index (χ2v) is 3.45. The van der Waals surface area contributed by atoms with Gasteiger partial charge in [0.25, 0.3) is 0 Å². The number of aliphatic hydroxyl groups excluding tert-OH is 1. The molecule has 2 rings (SSSR count). The highest BCUT2D eigenvalue weighted by molar-refractivity contribution is 9.10. The van der Waals surface area contributed by atoms with Crippen LogP contribution in [0, 0.1) is 0 Å². The zero-order valence-corrected chi connectivity index (χ0v) is 7.80. The second kappa shape index (κ2) is 2.88. The summed E-state index contributed by atoms with van der Waals surface area (Å²) < 4.78 is 0.932. The van der Waals surface area contributed by atoms with Crippen molar-refractivity contribution >= 4 is 27.0 Å². The molecule has 12 heavy (non-hydrogen) atoms. The maximum Gasteiger partial charge on any atom is 0.0883 e. The lowest BCUT2D eigenvalue weighted by Gasteiger charge is -1.88. The van der Waals surface area contributed by atoms with E-state index in [0.717, 1.165) is 21.2 Å². The Morgan fingerprint density at radius 3 is 3.08 bits per heavy atom. The largest absolute Gasteiger partial charge is 0.390 e. The van der Waals surface area contributed by atoms with Gasteiger partial charge in [-0.25, -0.2) is 0 Å². The van der Waals surface area contributed by atoms with Gasteiger partial charge in [0, 0.05) is 16.4 Å². The summed E-state index contributed by atoms with van der Waals surface area (Å²) in [7, 11) is 0. The molecule has 0 aliphatic heterocycles. The Bertz CT molecular complexity index is 410. The van der Waals surface area contributed by atoms with E-state index in [1.807, 2.05) is 12.1 Å². The van der Waals surface area contributed by atoms with Gasteiger partial charge in [-0.05, 0) is 28.1 Å². The quantitative estimate of drug-likeness (QED) is 0.780. The van der Waals surface area contributed by atoms with Gasteiger partial charge in [-0.2, -0.15) is 0 Å². The molecule has 0 radical (unpaired) electrons. The predicted octanol–water partition coefficient (Wildman–Crippen LogP) is 1.82. The molecule has 0 unspecified atom stereocenters. The maximum absolute atomic E-state index is 8.84. The van der Waals surface area contributed by atoms with Crippen LogP contribution in [0.5, 0.6) is 0 Å². The third-order valence-corrected chi connectivity index (χ3v) is 2.10. The Hall–Kier alpha value is -0.870. The van der Waals surface area contributed by atoms with Crippen molar-refractivity contribution in [3.8, 4) is 0 Å². The number of nitrogens with zero attached hydrogens (tertiary/aromatic N) is 1. The number of aromatic amines is 1. The maximum atomic E-state index is 8.84. The predicted molar refractivity (Wildman–Crippen MR) is 49.7 cm³/mol. The van der Waals surface area contributed by atoms with Crippen molar-refractivity contribution in [2.24, 2.45) is 0 Å². The first-order chi connectivity index (χ1) is 5.79. The van der Waals surface area contributed by atoms with Crippen LogP contribution in [0.4, 0.5) is 0 Å². The van der Waals surface area contributed by atoms with E-state index in [0.29, 0.717) is 0 Å². The molecule has 0 saturated heterocycles. The molecule has 0 aromatic carbocycles. The first kappa shape index (κ1) is 7.76. The number of fused-ring (bicyclic) bond motifs is 1. The summed E-state index contributed by atoms with van der Waals surface area (Å²) in [4.78, 5) is 7.20. The third kappa shape index (κ3) is 1.23. The van der Waals surface area contributed by atoms with Crippen molar-refractivity contribution in [1.82, 2.24) is 9.97 Å². The molecule has 0 amide bonds. The summed E-state index contributed by atoms with van der Waals surface area (Å²) in [6, 6.07) is 3.77. The lowest BCUT2D eigenvalue weighted by atomic mass is 10.4. The van der Waals surface area contributed by atoms with Gasteiger partial charge in [0.1, 0.15) is 0 Å². The van der Waals surface area contributed by atoms with Crippen LogP contribution in [-0.4, -0.2) is 15.1 Å². The number of halogens is 1. The Kier molecular flexibility index (Phi) is 1.86. The van der Waals surface area contributed by atoms with Crippen LogP contribution in [0.15, 0.2) is 22.8 Å². The number of aromatic nitrogens is 2. The number of nitrogens with one attached hydrogen (secondary N) is 1. The molecule has 2 aromatic heterocycles. The van der Waals surface area contributed by atoms with Crippen LogP contribution in [0.3, 0.4) is 0 Å². The van der Waals surface area contributed by atoms with Gasteiger partial charge in [0.2, 0.25) is 0 Å². The standard InChI is InChI=1S/C8H7BrN2O/c9-5-1-8-7(10-3-5)2-6(4-12)11-8/h1-3,11-12H,4H2. The van der Waals surface area contributed by atoms with E-state index in [1.165, 1.54) is 0 Å². The van der Waals surface area contributed by atoms with Gasteiger partial charge in [-0.1, -0.05) is 0 Å². The zero-order valence-electron chi connectivity index (χ0n) is 6.21. The number of pyridine rings is 1. The highest BCUT2D eigenvalue weighted by Gasteiger charge is 2.00. The van der Waals surface area contributed by atoms with Gasteiger partial charge in [-0.3, -0.25) is 4.98 Å². The van der Waals surface area contributed by atoms with Crippen LogP contribution in [0.1, 0.15) is 5.69 Å². The van der Waals surface area contributed by atoms with E-state index in [-0.39, 0.29) is 6.61 Å². The minimum atomic E-state index is 0.0218. The molecule has 2 aromatic rings. The summed E-state index contributed by atoms with van der Waals surface area (Å²) in [6.45, 7) is 0.0218. The molecular formula is C8H7BrN2O.